The molecule has 0 bridgehead atoms. The minimum Gasteiger partial charge on any atom is -0.245 e. The smallest absolute Gasteiger partial charge is 0.245 e. The van der Waals surface area contributed by atoms with Gasteiger partial charge in [-0.3, -0.25) is 0 Å². The van der Waals surface area contributed by atoms with E-state index in [2.05, 4.69) is 5.10 Å². The van der Waals surface area contributed by atoms with Crippen LogP contribution in [-0.4, -0.2) is 14.3 Å². The maximum absolute atomic E-state index is 13.1. The molecule has 0 atom stereocenters. The molecule has 1 heterocycles. The van der Waals surface area contributed by atoms with Gasteiger partial charge in [-0.1, -0.05) is 48.0 Å². The number of halogens is 1. The van der Waals surface area contributed by atoms with E-state index < -0.39 is 0 Å². The summed E-state index contributed by atoms with van der Waals surface area (Å²) in [6, 6.07) is 26.2. The Labute approximate surface area is 149 Å². The van der Waals surface area contributed by atoms with E-state index in [4.69, 9.17) is 11.6 Å². The molecule has 4 nitrogen and oxygen atoms in total. The van der Waals surface area contributed by atoms with Crippen LogP contribution in [0.2, 0.25) is 5.02 Å². The number of para-hydroxylation sites is 2. The molecule has 25 heavy (non-hydrogen) atoms. The predicted octanol–water partition coefficient (Wildman–Crippen LogP) is 4.34. The van der Waals surface area contributed by atoms with Crippen LogP contribution in [0.4, 0.5) is 0 Å². The number of hydrogen-bond acceptors (Lipinski definition) is 2. The van der Waals surface area contributed by atoms with Gasteiger partial charge in [-0.2, -0.15) is 4.68 Å². The second-order valence-electron chi connectivity index (χ2n) is 5.53. The molecule has 0 spiro atoms. The lowest BCUT2D eigenvalue weighted by Crippen LogP contribution is -2.22. The van der Waals surface area contributed by atoms with Gasteiger partial charge >= 0.3 is 5.69 Å². The number of rotatable bonds is 3. The fourth-order valence-electron chi connectivity index (χ4n) is 2.70. The third kappa shape index (κ3) is 2.88. The molecule has 0 saturated carbocycles. The molecule has 0 saturated heterocycles. The van der Waals surface area contributed by atoms with Gasteiger partial charge < -0.3 is 0 Å². The van der Waals surface area contributed by atoms with E-state index in [1.54, 1.807) is 16.7 Å². The Bertz CT molecular complexity index is 1050. The molecule has 4 rings (SSSR count). The third-order valence-electron chi connectivity index (χ3n) is 3.90. The highest BCUT2D eigenvalue weighted by Gasteiger charge is 2.17. The van der Waals surface area contributed by atoms with Crippen molar-refractivity contribution in [3.63, 3.8) is 0 Å². The molecule has 0 aliphatic carbocycles. The summed E-state index contributed by atoms with van der Waals surface area (Å²) >= 11 is 5.99. The molecule has 0 amide bonds. The molecule has 0 aliphatic rings. The van der Waals surface area contributed by atoms with E-state index in [9.17, 15) is 4.79 Å². The Morgan fingerprint density at radius 3 is 1.88 bits per heavy atom. The van der Waals surface area contributed by atoms with Crippen LogP contribution in [0.5, 0.6) is 0 Å². The van der Waals surface area contributed by atoms with Crippen molar-refractivity contribution >= 4 is 11.6 Å². The van der Waals surface area contributed by atoms with E-state index in [-0.39, 0.29) is 5.69 Å². The summed E-state index contributed by atoms with van der Waals surface area (Å²) in [5.74, 6) is 0.566. The van der Waals surface area contributed by atoms with Crippen LogP contribution in [0.15, 0.2) is 89.7 Å². The van der Waals surface area contributed by atoms with Crippen molar-refractivity contribution in [1.82, 2.24) is 14.3 Å². The van der Waals surface area contributed by atoms with Gasteiger partial charge in [-0.05, 0) is 48.5 Å². The normalized spacial score (nSPS) is 10.8. The summed E-state index contributed by atoms with van der Waals surface area (Å²) in [4.78, 5) is 13.1. The van der Waals surface area contributed by atoms with E-state index in [0.717, 1.165) is 16.9 Å². The Morgan fingerprint density at radius 2 is 1.28 bits per heavy atom. The first kappa shape index (κ1) is 15.4. The molecule has 0 aliphatic heterocycles. The van der Waals surface area contributed by atoms with Gasteiger partial charge in [0.2, 0.25) is 0 Å². The Hall–Kier alpha value is -3.11. The van der Waals surface area contributed by atoms with Crippen LogP contribution in [0, 0.1) is 0 Å². The van der Waals surface area contributed by atoms with Crippen molar-refractivity contribution in [1.29, 1.82) is 0 Å². The van der Waals surface area contributed by atoms with Crippen molar-refractivity contribution in [2.24, 2.45) is 0 Å². The molecule has 0 radical (unpaired) electrons. The van der Waals surface area contributed by atoms with Gasteiger partial charge in [0, 0.05) is 10.6 Å². The van der Waals surface area contributed by atoms with Gasteiger partial charge in [0.05, 0.1) is 11.4 Å². The van der Waals surface area contributed by atoms with Crippen molar-refractivity contribution in [2.75, 3.05) is 0 Å². The highest BCUT2D eigenvalue weighted by atomic mass is 35.5. The average Bonchev–Trinajstić information content (AvgIpc) is 3.01. The summed E-state index contributed by atoms with van der Waals surface area (Å²) < 4.78 is 3.02. The zero-order chi connectivity index (χ0) is 17.2. The monoisotopic (exact) mass is 347 g/mol. The fourth-order valence-corrected chi connectivity index (χ4v) is 2.83. The first-order chi connectivity index (χ1) is 12.2. The van der Waals surface area contributed by atoms with E-state index in [1.807, 2.05) is 72.8 Å². The first-order valence-electron chi connectivity index (χ1n) is 7.83. The lowest BCUT2D eigenvalue weighted by atomic mass is 10.2. The minimum atomic E-state index is -0.220. The summed E-state index contributed by atoms with van der Waals surface area (Å²) in [5.41, 5.74) is 2.08. The van der Waals surface area contributed by atoms with Crippen LogP contribution in [0.3, 0.4) is 0 Å². The maximum Gasteiger partial charge on any atom is 0.355 e. The second-order valence-corrected chi connectivity index (χ2v) is 5.97. The molecule has 0 fully saturated rings. The Morgan fingerprint density at radius 1 is 0.720 bits per heavy atom. The van der Waals surface area contributed by atoms with Crippen molar-refractivity contribution in [3.8, 4) is 22.8 Å². The minimum absolute atomic E-state index is 0.220. The highest BCUT2D eigenvalue weighted by Crippen LogP contribution is 2.22. The lowest BCUT2D eigenvalue weighted by molar-refractivity contribution is 0.830. The van der Waals surface area contributed by atoms with Crippen molar-refractivity contribution in [3.05, 3.63) is 100 Å². The van der Waals surface area contributed by atoms with E-state index in [1.165, 1.54) is 4.68 Å². The average molecular weight is 348 g/mol. The topological polar surface area (TPSA) is 39.8 Å². The molecule has 122 valence electrons. The zero-order valence-corrected chi connectivity index (χ0v) is 14.0. The van der Waals surface area contributed by atoms with Crippen LogP contribution in [0.1, 0.15) is 0 Å². The van der Waals surface area contributed by atoms with Crippen LogP contribution in [0.25, 0.3) is 22.8 Å². The third-order valence-corrected chi connectivity index (χ3v) is 4.15. The highest BCUT2D eigenvalue weighted by molar-refractivity contribution is 6.30. The van der Waals surface area contributed by atoms with Crippen LogP contribution >= 0.6 is 11.6 Å². The van der Waals surface area contributed by atoms with Crippen LogP contribution in [-0.2, 0) is 0 Å². The first-order valence-corrected chi connectivity index (χ1v) is 8.21. The second kappa shape index (κ2) is 6.42. The van der Waals surface area contributed by atoms with Gasteiger partial charge in [0.25, 0.3) is 0 Å². The van der Waals surface area contributed by atoms with Gasteiger partial charge in [-0.25, -0.2) is 9.36 Å². The standard InChI is InChI=1S/C20H14ClN3O/c21-16-13-11-15(12-14-16)19-22-24(18-9-5-2-6-10-18)20(25)23(19)17-7-3-1-4-8-17/h1-14H. The van der Waals surface area contributed by atoms with Gasteiger partial charge in [0.15, 0.2) is 5.82 Å². The van der Waals surface area contributed by atoms with E-state index >= 15 is 0 Å². The number of aromatic nitrogens is 3. The van der Waals surface area contributed by atoms with Gasteiger partial charge in [0.1, 0.15) is 0 Å². The molecule has 5 heteroatoms. The van der Waals surface area contributed by atoms with Crippen LogP contribution < -0.4 is 5.69 Å². The summed E-state index contributed by atoms with van der Waals surface area (Å²) in [7, 11) is 0. The lowest BCUT2D eigenvalue weighted by Gasteiger charge is -2.05. The maximum atomic E-state index is 13.1. The van der Waals surface area contributed by atoms with Gasteiger partial charge in [-0.15, -0.1) is 5.10 Å². The number of benzene rings is 3. The summed E-state index contributed by atoms with van der Waals surface area (Å²) in [5, 5.41) is 5.22. The Balaban J connectivity index is 1.99. The van der Waals surface area contributed by atoms with Crippen molar-refractivity contribution < 1.29 is 0 Å². The molecule has 4 aromatic rings. The molecule has 0 unspecified atom stereocenters. The molecule has 1 aromatic heterocycles. The quantitative estimate of drug-likeness (QED) is 0.553. The Kier molecular flexibility index (Phi) is 3.96. The summed E-state index contributed by atoms with van der Waals surface area (Å²) in [6.07, 6.45) is 0. The molecular formula is C20H14ClN3O. The SMILES string of the molecule is O=c1n(-c2ccccc2)nc(-c2ccc(Cl)cc2)n1-c1ccccc1. The zero-order valence-electron chi connectivity index (χ0n) is 13.2. The fraction of sp³-hybridized carbons (Fsp3) is 0. The van der Waals surface area contributed by atoms with Crippen molar-refractivity contribution in [2.45, 2.75) is 0 Å². The largest absolute Gasteiger partial charge is 0.355 e. The number of nitrogens with zero attached hydrogens (tertiary/aromatic N) is 3. The predicted molar refractivity (Wildman–Crippen MR) is 99.6 cm³/mol. The molecule has 0 N–H and O–H groups in total. The molecule has 3 aromatic carbocycles. The summed E-state index contributed by atoms with van der Waals surface area (Å²) in [6.45, 7) is 0. The molecular weight excluding hydrogens is 334 g/mol. The number of hydrogen-bond donors (Lipinski definition) is 0. The van der Waals surface area contributed by atoms with E-state index in [0.29, 0.717) is 10.8 Å².